The fourth-order valence-electron chi connectivity index (χ4n) is 3.08. The molecule has 146 valence electrons. The van der Waals surface area contributed by atoms with Crippen LogP contribution in [0.1, 0.15) is 12.0 Å². The molecule has 3 aromatic heterocycles. The summed E-state index contributed by atoms with van der Waals surface area (Å²) in [5, 5.41) is 3.87. The summed E-state index contributed by atoms with van der Waals surface area (Å²) < 4.78 is 0. The summed E-state index contributed by atoms with van der Waals surface area (Å²) in [5.41, 5.74) is 2.10. The molecule has 1 amide bonds. The minimum absolute atomic E-state index is 0.0701. The summed E-state index contributed by atoms with van der Waals surface area (Å²) in [6.45, 7) is 2.47. The van der Waals surface area contributed by atoms with Gasteiger partial charge in [0.25, 0.3) is 0 Å². The fourth-order valence-corrected chi connectivity index (χ4v) is 4.08. The highest BCUT2D eigenvalue weighted by molar-refractivity contribution is 7.21. The van der Waals surface area contributed by atoms with Gasteiger partial charge in [0.2, 0.25) is 5.91 Å². The summed E-state index contributed by atoms with van der Waals surface area (Å²) in [7, 11) is 1.95. The van der Waals surface area contributed by atoms with Gasteiger partial charge in [-0.3, -0.25) is 4.79 Å². The molecule has 4 aromatic rings. The van der Waals surface area contributed by atoms with Gasteiger partial charge in [0.05, 0.1) is 5.39 Å². The number of rotatable bonds is 6. The van der Waals surface area contributed by atoms with Crippen LogP contribution in [0.2, 0.25) is 0 Å². The number of fused-ring (bicyclic) bond motifs is 1. The Balaban J connectivity index is 1.48. The number of benzene rings is 1. The molecule has 1 N–H and O–H groups in total. The molecular formula is C22H21N5OS. The van der Waals surface area contributed by atoms with Crippen molar-refractivity contribution in [3.8, 4) is 10.4 Å². The summed E-state index contributed by atoms with van der Waals surface area (Å²) in [6, 6.07) is 16.1. The van der Waals surface area contributed by atoms with Crippen LogP contribution < -0.4 is 10.2 Å². The molecule has 0 aliphatic rings. The number of carbonyl (C=O) groups excluding carboxylic acids is 1. The first kappa shape index (κ1) is 19.0. The quantitative estimate of drug-likeness (QED) is 0.512. The predicted octanol–water partition coefficient (Wildman–Crippen LogP) is 4.53. The Hall–Kier alpha value is -3.32. The number of nitrogens with zero attached hydrogens (tertiary/aromatic N) is 4. The van der Waals surface area contributed by atoms with Gasteiger partial charge in [-0.05, 0) is 30.2 Å². The molecule has 0 unspecified atom stereocenters. The number of hydrogen-bond acceptors (Lipinski definition) is 6. The van der Waals surface area contributed by atoms with E-state index in [2.05, 4.69) is 38.5 Å². The molecule has 0 atom stereocenters. The zero-order valence-corrected chi connectivity index (χ0v) is 17.1. The lowest BCUT2D eigenvalue weighted by molar-refractivity contribution is -0.116. The van der Waals surface area contributed by atoms with Crippen LogP contribution in [0.25, 0.3) is 20.7 Å². The van der Waals surface area contributed by atoms with Crippen LogP contribution in [0, 0.1) is 6.92 Å². The molecular weight excluding hydrogens is 382 g/mol. The molecule has 0 radical (unpaired) electrons. The summed E-state index contributed by atoms with van der Waals surface area (Å²) in [6.07, 6.45) is 3.59. The van der Waals surface area contributed by atoms with E-state index < -0.39 is 0 Å². The number of pyridine rings is 1. The second kappa shape index (κ2) is 8.36. The van der Waals surface area contributed by atoms with E-state index >= 15 is 0 Å². The van der Waals surface area contributed by atoms with Gasteiger partial charge >= 0.3 is 0 Å². The topological polar surface area (TPSA) is 71.0 Å². The van der Waals surface area contributed by atoms with E-state index in [0.717, 1.165) is 32.0 Å². The monoisotopic (exact) mass is 403 g/mol. The Morgan fingerprint density at radius 3 is 2.72 bits per heavy atom. The van der Waals surface area contributed by atoms with Crippen molar-refractivity contribution < 1.29 is 4.79 Å². The molecule has 0 saturated carbocycles. The van der Waals surface area contributed by atoms with Gasteiger partial charge in [-0.25, -0.2) is 15.0 Å². The van der Waals surface area contributed by atoms with E-state index in [0.29, 0.717) is 18.8 Å². The first-order valence-electron chi connectivity index (χ1n) is 9.34. The number of aryl methyl sites for hydroxylation is 1. The molecule has 0 saturated heterocycles. The molecule has 0 aliphatic heterocycles. The maximum absolute atomic E-state index is 12.3. The van der Waals surface area contributed by atoms with Crippen LogP contribution in [0.3, 0.4) is 0 Å². The average Bonchev–Trinajstić information content (AvgIpc) is 3.19. The minimum Gasteiger partial charge on any atom is -0.359 e. The number of hydrogen-bond donors (Lipinski definition) is 1. The molecule has 29 heavy (non-hydrogen) atoms. The summed E-state index contributed by atoms with van der Waals surface area (Å²) >= 11 is 1.64. The molecule has 0 bridgehead atoms. The van der Waals surface area contributed by atoms with Crippen LogP contribution in [-0.4, -0.2) is 34.5 Å². The molecule has 7 heteroatoms. The maximum Gasteiger partial charge on any atom is 0.227 e. The Morgan fingerprint density at radius 2 is 1.93 bits per heavy atom. The van der Waals surface area contributed by atoms with Crippen LogP contribution in [0.5, 0.6) is 0 Å². The van der Waals surface area contributed by atoms with Gasteiger partial charge in [0, 0.05) is 31.1 Å². The standard InChI is InChI=1S/C22H21N5OS/c1-15-7-6-11-23-20(15)26-19(28)10-12-27(2)21-17-13-18(16-8-4-3-5-9-16)29-22(17)25-14-24-21/h3-9,11,13-14H,10,12H2,1-2H3,(H,23,26,28). The summed E-state index contributed by atoms with van der Waals surface area (Å²) in [4.78, 5) is 29.5. The van der Waals surface area contributed by atoms with E-state index in [1.807, 2.05) is 49.2 Å². The van der Waals surface area contributed by atoms with Crippen molar-refractivity contribution in [3.05, 3.63) is 66.6 Å². The third-order valence-electron chi connectivity index (χ3n) is 4.67. The van der Waals surface area contributed by atoms with Crippen LogP contribution in [0.15, 0.2) is 61.1 Å². The molecule has 1 aromatic carbocycles. The van der Waals surface area contributed by atoms with Gasteiger partial charge in [0.15, 0.2) is 0 Å². The Labute approximate surface area is 173 Å². The lowest BCUT2D eigenvalue weighted by Gasteiger charge is -2.18. The highest BCUT2D eigenvalue weighted by Gasteiger charge is 2.14. The summed E-state index contributed by atoms with van der Waals surface area (Å²) in [5.74, 6) is 1.37. The highest BCUT2D eigenvalue weighted by Crippen LogP contribution is 2.35. The van der Waals surface area contributed by atoms with Gasteiger partial charge < -0.3 is 10.2 Å². The fraction of sp³-hybridized carbons (Fsp3) is 0.182. The Kier molecular flexibility index (Phi) is 5.48. The molecule has 0 fully saturated rings. The number of thiophene rings is 1. The number of nitrogens with one attached hydrogen (secondary N) is 1. The molecule has 3 heterocycles. The van der Waals surface area contributed by atoms with Crippen molar-refractivity contribution >= 4 is 39.1 Å². The lowest BCUT2D eigenvalue weighted by Crippen LogP contribution is -2.25. The van der Waals surface area contributed by atoms with Gasteiger partial charge in [-0.15, -0.1) is 11.3 Å². The van der Waals surface area contributed by atoms with E-state index in [-0.39, 0.29) is 5.91 Å². The minimum atomic E-state index is -0.0701. The molecule has 4 rings (SSSR count). The lowest BCUT2D eigenvalue weighted by atomic mass is 10.2. The van der Waals surface area contributed by atoms with Crippen molar-refractivity contribution in [1.29, 1.82) is 0 Å². The van der Waals surface area contributed by atoms with Gasteiger partial charge in [0.1, 0.15) is 22.8 Å². The third kappa shape index (κ3) is 4.25. The van der Waals surface area contributed by atoms with Crippen LogP contribution >= 0.6 is 11.3 Å². The number of anilines is 2. The first-order chi connectivity index (χ1) is 14.1. The van der Waals surface area contributed by atoms with Crippen molar-refractivity contribution in [2.24, 2.45) is 0 Å². The SMILES string of the molecule is Cc1cccnc1NC(=O)CCN(C)c1ncnc2sc(-c3ccccc3)cc12. The normalized spacial score (nSPS) is 10.8. The van der Waals surface area contributed by atoms with Crippen molar-refractivity contribution in [1.82, 2.24) is 15.0 Å². The Morgan fingerprint density at radius 1 is 1.10 bits per heavy atom. The largest absolute Gasteiger partial charge is 0.359 e. The number of amides is 1. The second-order valence-electron chi connectivity index (χ2n) is 6.78. The molecule has 6 nitrogen and oxygen atoms in total. The smallest absolute Gasteiger partial charge is 0.227 e. The average molecular weight is 404 g/mol. The maximum atomic E-state index is 12.3. The highest BCUT2D eigenvalue weighted by atomic mass is 32.1. The van der Waals surface area contributed by atoms with Gasteiger partial charge in [-0.1, -0.05) is 36.4 Å². The predicted molar refractivity (Wildman–Crippen MR) is 118 cm³/mol. The van der Waals surface area contributed by atoms with Crippen molar-refractivity contribution in [2.45, 2.75) is 13.3 Å². The Bertz CT molecular complexity index is 1140. The first-order valence-corrected chi connectivity index (χ1v) is 10.2. The molecule has 0 spiro atoms. The van der Waals surface area contributed by atoms with E-state index in [9.17, 15) is 4.79 Å². The van der Waals surface area contributed by atoms with E-state index in [1.54, 1.807) is 23.9 Å². The van der Waals surface area contributed by atoms with Crippen molar-refractivity contribution in [2.75, 3.05) is 23.8 Å². The zero-order chi connectivity index (χ0) is 20.2. The molecule has 0 aliphatic carbocycles. The second-order valence-corrected chi connectivity index (χ2v) is 7.81. The number of carbonyl (C=O) groups is 1. The van der Waals surface area contributed by atoms with Gasteiger partial charge in [-0.2, -0.15) is 0 Å². The number of aromatic nitrogens is 3. The van der Waals surface area contributed by atoms with Crippen molar-refractivity contribution in [3.63, 3.8) is 0 Å². The van der Waals surface area contributed by atoms with E-state index in [4.69, 9.17) is 0 Å². The van der Waals surface area contributed by atoms with Crippen LogP contribution in [0.4, 0.5) is 11.6 Å². The van der Waals surface area contributed by atoms with Crippen LogP contribution in [-0.2, 0) is 4.79 Å². The zero-order valence-electron chi connectivity index (χ0n) is 16.3. The third-order valence-corrected chi connectivity index (χ3v) is 5.76. The van der Waals surface area contributed by atoms with E-state index in [1.165, 1.54) is 0 Å².